The summed E-state index contributed by atoms with van der Waals surface area (Å²) in [7, 11) is 0. The Bertz CT molecular complexity index is 830. The van der Waals surface area contributed by atoms with Crippen molar-refractivity contribution in [2.45, 2.75) is 66.0 Å². The Labute approximate surface area is 170 Å². The van der Waals surface area contributed by atoms with Crippen LogP contribution in [0.4, 0.5) is 4.39 Å². The van der Waals surface area contributed by atoms with Crippen LogP contribution in [0.15, 0.2) is 22.6 Å². The van der Waals surface area contributed by atoms with Gasteiger partial charge in [0.15, 0.2) is 22.9 Å². The summed E-state index contributed by atoms with van der Waals surface area (Å²) in [5, 5.41) is -0.0828. The number of fused-ring (bicyclic) bond motifs is 5. The highest BCUT2D eigenvalue weighted by atomic mass is 32.2. The number of thioether (sulfide) groups is 1. The summed E-state index contributed by atoms with van der Waals surface area (Å²) in [6.07, 6.45) is 1.72. The molecule has 5 heteroatoms. The summed E-state index contributed by atoms with van der Waals surface area (Å²) in [4.78, 5) is 37.7. The Morgan fingerprint density at radius 1 is 1.18 bits per heavy atom. The van der Waals surface area contributed by atoms with E-state index in [0.29, 0.717) is 24.2 Å². The maximum atomic E-state index is 14.5. The molecule has 3 nitrogen and oxygen atoms in total. The van der Waals surface area contributed by atoms with Crippen molar-refractivity contribution in [1.82, 2.24) is 0 Å². The normalized spacial score (nSPS) is 45.6. The van der Waals surface area contributed by atoms with Gasteiger partial charge in [-0.1, -0.05) is 27.4 Å². The molecule has 0 bridgehead atoms. The van der Waals surface area contributed by atoms with E-state index in [0.717, 1.165) is 35.7 Å². The monoisotopic (exact) mass is 404 g/mol. The van der Waals surface area contributed by atoms with Crippen molar-refractivity contribution in [3.05, 3.63) is 22.6 Å². The van der Waals surface area contributed by atoms with Crippen molar-refractivity contribution in [1.29, 1.82) is 0 Å². The highest BCUT2D eigenvalue weighted by Crippen LogP contribution is 2.68. The van der Waals surface area contributed by atoms with Gasteiger partial charge in [0.1, 0.15) is 0 Å². The molecule has 3 fully saturated rings. The molecule has 28 heavy (non-hydrogen) atoms. The van der Waals surface area contributed by atoms with Crippen LogP contribution < -0.4 is 0 Å². The molecule has 7 atom stereocenters. The van der Waals surface area contributed by atoms with Crippen LogP contribution in [0.5, 0.6) is 0 Å². The fraction of sp³-hybridized carbons (Fsp3) is 0.696. The van der Waals surface area contributed by atoms with Crippen molar-refractivity contribution in [2.75, 3.05) is 0 Å². The molecule has 0 N–H and O–H groups in total. The van der Waals surface area contributed by atoms with Gasteiger partial charge in [-0.3, -0.25) is 14.4 Å². The minimum absolute atomic E-state index is 0.0282. The van der Waals surface area contributed by atoms with Crippen LogP contribution in [0, 0.1) is 34.5 Å². The lowest BCUT2D eigenvalue weighted by molar-refractivity contribution is -0.135. The van der Waals surface area contributed by atoms with Crippen molar-refractivity contribution in [3.63, 3.8) is 0 Å². The van der Waals surface area contributed by atoms with Gasteiger partial charge in [0.05, 0.1) is 4.91 Å². The third kappa shape index (κ3) is 2.50. The molecule has 4 rings (SSSR count). The van der Waals surface area contributed by atoms with Crippen LogP contribution in [-0.2, 0) is 14.4 Å². The van der Waals surface area contributed by atoms with Gasteiger partial charge >= 0.3 is 0 Å². The summed E-state index contributed by atoms with van der Waals surface area (Å²) in [5.74, 6) is 0.410. The predicted molar refractivity (Wildman–Crippen MR) is 108 cm³/mol. The molecular weight excluding hydrogens is 375 g/mol. The van der Waals surface area contributed by atoms with E-state index in [4.69, 9.17) is 0 Å². The van der Waals surface area contributed by atoms with Crippen molar-refractivity contribution in [3.8, 4) is 0 Å². The molecule has 0 spiro atoms. The van der Waals surface area contributed by atoms with Crippen LogP contribution in [0.1, 0.15) is 59.8 Å². The van der Waals surface area contributed by atoms with E-state index >= 15 is 0 Å². The van der Waals surface area contributed by atoms with Gasteiger partial charge in [-0.2, -0.15) is 0 Å². The quantitative estimate of drug-likeness (QED) is 0.613. The number of alkyl halides is 1. The molecule has 3 saturated carbocycles. The minimum atomic E-state index is -1.35. The third-order valence-electron chi connectivity index (χ3n) is 8.47. The SMILES string of the molecule is C=C1C2=C(SC(C)=O)C(=O)CC[C@]2(C)[C@H]2CC[C@]3(C)C(=O)[C@@H](F)C[C@H]3[C@@H]2[C@@H]1C. The van der Waals surface area contributed by atoms with Gasteiger partial charge in [0.25, 0.3) is 0 Å². The first-order valence-electron chi connectivity index (χ1n) is 10.4. The van der Waals surface area contributed by atoms with Crippen molar-refractivity contribution >= 4 is 28.4 Å². The smallest absolute Gasteiger partial charge is 0.190 e. The van der Waals surface area contributed by atoms with Crippen molar-refractivity contribution < 1.29 is 18.8 Å². The molecule has 0 radical (unpaired) electrons. The molecule has 0 amide bonds. The van der Waals surface area contributed by atoms with E-state index in [1.807, 2.05) is 6.92 Å². The number of rotatable bonds is 1. The Kier molecular flexibility index (Phi) is 4.57. The first kappa shape index (κ1) is 20.1. The molecular formula is C23H29FO3S. The number of ketones is 2. The fourth-order valence-corrected chi connectivity index (χ4v) is 7.96. The Hall–Kier alpha value is -1.23. The topological polar surface area (TPSA) is 51.2 Å². The molecule has 4 aliphatic carbocycles. The molecule has 152 valence electrons. The number of carbonyl (C=O) groups is 3. The molecule has 0 saturated heterocycles. The van der Waals surface area contributed by atoms with Crippen molar-refractivity contribution in [2.24, 2.45) is 34.5 Å². The minimum Gasteiger partial charge on any atom is -0.296 e. The second-order valence-electron chi connectivity index (χ2n) is 9.77. The Balaban J connectivity index is 1.84. The molecule has 0 aromatic rings. The van der Waals surface area contributed by atoms with Gasteiger partial charge in [-0.15, -0.1) is 0 Å². The van der Waals surface area contributed by atoms with E-state index in [2.05, 4.69) is 20.4 Å². The van der Waals surface area contributed by atoms with E-state index in [-0.39, 0.29) is 45.8 Å². The van der Waals surface area contributed by atoms with Crippen LogP contribution in [0.25, 0.3) is 0 Å². The number of hydrogen-bond acceptors (Lipinski definition) is 4. The lowest BCUT2D eigenvalue weighted by atomic mass is 9.44. The van der Waals surface area contributed by atoms with E-state index < -0.39 is 11.6 Å². The maximum absolute atomic E-state index is 14.5. The summed E-state index contributed by atoms with van der Waals surface area (Å²) < 4.78 is 14.5. The van der Waals surface area contributed by atoms with E-state index in [9.17, 15) is 18.8 Å². The second-order valence-corrected chi connectivity index (χ2v) is 11.0. The lowest BCUT2D eigenvalue weighted by Gasteiger charge is -2.60. The highest BCUT2D eigenvalue weighted by Gasteiger charge is 2.64. The van der Waals surface area contributed by atoms with E-state index in [1.165, 1.54) is 6.92 Å². The average molecular weight is 405 g/mol. The first-order valence-corrected chi connectivity index (χ1v) is 11.2. The first-order chi connectivity index (χ1) is 13.0. The standard InChI is InChI=1S/C23H29FO3S/c1-11-12(2)19-20(28-13(3)25)17(26)7-9-22(19,4)14-6-8-23(5)15(18(11)14)10-16(24)21(23)27/h11,14-16,18H,2,6-10H2,1,3-5H3/t11-,14+,15+,16+,18-,22-,23+/m1/s1. The lowest BCUT2D eigenvalue weighted by Crippen LogP contribution is -2.54. The summed E-state index contributed by atoms with van der Waals surface area (Å²) >= 11 is 1.05. The van der Waals surface area contributed by atoms with Crippen LogP contribution in [0.2, 0.25) is 0 Å². The molecule has 0 aliphatic heterocycles. The zero-order chi connectivity index (χ0) is 20.6. The zero-order valence-electron chi connectivity index (χ0n) is 17.1. The summed E-state index contributed by atoms with van der Waals surface area (Å²) in [6.45, 7) is 12.1. The Morgan fingerprint density at radius 3 is 2.50 bits per heavy atom. The predicted octanol–water partition coefficient (Wildman–Crippen LogP) is 5.05. The second kappa shape index (κ2) is 6.38. The number of halogens is 1. The van der Waals surface area contributed by atoms with Gasteiger partial charge in [0.2, 0.25) is 0 Å². The van der Waals surface area contributed by atoms with E-state index in [1.54, 1.807) is 0 Å². The average Bonchev–Trinajstić information content (AvgIpc) is 2.85. The molecule has 0 aromatic heterocycles. The molecule has 0 aromatic carbocycles. The van der Waals surface area contributed by atoms with Crippen LogP contribution in [-0.4, -0.2) is 22.9 Å². The summed E-state index contributed by atoms with van der Waals surface area (Å²) in [6, 6.07) is 0. The fourth-order valence-electron chi connectivity index (χ4n) is 7.00. The summed E-state index contributed by atoms with van der Waals surface area (Å²) in [5.41, 5.74) is 1.08. The highest BCUT2D eigenvalue weighted by molar-refractivity contribution is 8.17. The Morgan fingerprint density at radius 2 is 1.86 bits per heavy atom. The number of Topliss-reactive ketones (excluding diaryl/α,β-unsaturated/α-hetero) is 2. The van der Waals surface area contributed by atoms with Gasteiger partial charge in [-0.05, 0) is 77.7 Å². The zero-order valence-corrected chi connectivity index (χ0v) is 18.0. The van der Waals surface area contributed by atoms with Gasteiger partial charge in [0, 0.05) is 18.8 Å². The largest absolute Gasteiger partial charge is 0.296 e. The molecule has 4 aliphatic rings. The molecule has 0 heterocycles. The maximum Gasteiger partial charge on any atom is 0.190 e. The number of carbonyl (C=O) groups excluding carboxylic acids is 3. The number of allylic oxidation sites excluding steroid dienone is 2. The van der Waals surface area contributed by atoms with Crippen LogP contribution in [0.3, 0.4) is 0 Å². The van der Waals surface area contributed by atoms with Gasteiger partial charge in [-0.25, -0.2) is 4.39 Å². The van der Waals surface area contributed by atoms with Gasteiger partial charge < -0.3 is 0 Å². The molecule has 0 unspecified atom stereocenters. The van der Waals surface area contributed by atoms with Crippen LogP contribution >= 0.6 is 11.8 Å². The third-order valence-corrected chi connectivity index (χ3v) is 9.39. The number of hydrogen-bond donors (Lipinski definition) is 0.